The molecule has 3 aromatic rings. The molecule has 0 spiro atoms. The fourth-order valence-corrected chi connectivity index (χ4v) is 3.58. The Hall–Kier alpha value is -3.39. The second-order valence-electron chi connectivity index (χ2n) is 7.14. The molecule has 1 amide bonds. The summed E-state index contributed by atoms with van der Waals surface area (Å²) in [6, 6.07) is 8.63. The fourth-order valence-electron chi connectivity index (χ4n) is 3.58. The molecule has 1 unspecified atom stereocenters. The van der Waals surface area contributed by atoms with Crippen LogP contribution >= 0.6 is 0 Å². The zero-order valence-electron chi connectivity index (χ0n) is 16.1. The van der Waals surface area contributed by atoms with Crippen LogP contribution < -0.4 is 21.5 Å². The zero-order valence-corrected chi connectivity index (χ0v) is 16.1. The van der Waals surface area contributed by atoms with Crippen molar-refractivity contribution in [3.8, 4) is 0 Å². The van der Waals surface area contributed by atoms with Gasteiger partial charge in [0.25, 0.3) is 16.8 Å². The molecule has 1 aliphatic rings. The Morgan fingerprint density at radius 1 is 1.14 bits per heavy atom. The Bertz CT molecular complexity index is 1160. The number of carbonyl (C=O) groups is 1. The van der Waals surface area contributed by atoms with Gasteiger partial charge in [0, 0.05) is 13.1 Å². The van der Waals surface area contributed by atoms with Crippen molar-refractivity contribution < 1.29 is 14.3 Å². The summed E-state index contributed by atoms with van der Waals surface area (Å²) in [6.07, 6.45) is 0. The SMILES string of the molecule is Cc1ccc(C(C)Nc2c(Nc3cccc4c3C(=O)N(CCO)C4)c(=O)c2=O)o1. The van der Waals surface area contributed by atoms with Crippen LogP contribution in [-0.2, 0) is 6.54 Å². The molecule has 0 saturated heterocycles. The number of anilines is 3. The van der Waals surface area contributed by atoms with Crippen LogP contribution in [0.3, 0.4) is 0 Å². The van der Waals surface area contributed by atoms with Gasteiger partial charge in [0.2, 0.25) is 0 Å². The minimum atomic E-state index is -0.634. The van der Waals surface area contributed by atoms with Crippen molar-refractivity contribution >= 4 is 23.0 Å². The summed E-state index contributed by atoms with van der Waals surface area (Å²) >= 11 is 0. The van der Waals surface area contributed by atoms with Crippen LogP contribution in [0.2, 0.25) is 0 Å². The molecule has 4 rings (SSSR count). The van der Waals surface area contributed by atoms with Gasteiger partial charge in [-0.2, -0.15) is 0 Å². The third-order valence-electron chi connectivity index (χ3n) is 5.10. The molecule has 8 heteroatoms. The third-order valence-corrected chi connectivity index (χ3v) is 5.10. The zero-order chi connectivity index (χ0) is 20.7. The molecule has 0 radical (unpaired) electrons. The Balaban J connectivity index is 1.61. The summed E-state index contributed by atoms with van der Waals surface area (Å²) in [6.45, 7) is 4.16. The van der Waals surface area contributed by atoms with E-state index in [0.717, 1.165) is 11.3 Å². The lowest BCUT2D eigenvalue weighted by Crippen LogP contribution is -2.37. The molecule has 1 aliphatic heterocycles. The lowest BCUT2D eigenvalue weighted by atomic mass is 10.1. The standard InChI is InChI=1S/C21H21N3O5/c1-11-6-7-15(29-11)12(2)22-17-18(20(27)19(17)26)23-14-5-3-4-13-10-24(8-9-25)21(28)16(13)14/h3-7,12,22-23,25H,8-10H2,1-2H3. The van der Waals surface area contributed by atoms with E-state index in [9.17, 15) is 14.4 Å². The van der Waals surface area contributed by atoms with Crippen LogP contribution in [0.15, 0.2) is 44.3 Å². The lowest BCUT2D eigenvalue weighted by molar-refractivity contribution is 0.0746. The molecule has 150 valence electrons. The lowest BCUT2D eigenvalue weighted by Gasteiger charge is -2.19. The van der Waals surface area contributed by atoms with E-state index in [0.29, 0.717) is 23.6 Å². The number of aryl methyl sites for hydroxylation is 1. The van der Waals surface area contributed by atoms with E-state index < -0.39 is 10.9 Å². The summed E-state index contributed by atoms with van der Waals surface area (Å²) in [5.41, 5.74) is 0.785. The summed E-state index contributed by atoms with van der Waals surface area (Å²) in [4.78, 5) is 38.5. The van der Waals surface area contributed by atoms with E-state index in [4.69, 9.17) is 9.52 Å². The molecule has 0 bridgehead atoms. The molecule has 8 nitrogen and oxygen atoms in total. The van der Waals surface area contributed by atoms with Gasteiger partial charge < -0.3 is 25.1 Å². The maximum Gasteiger partial charge on any atom is 0.256 e. The predicted octanol–water partition coefficient (Wildman–Crippen LogP) is 2.05. The predicted molar refractivity (Wildman–Crippen MR) is 108 cm³/mol. The molecule has 2 heterocycles. The average molecular weight is 395 g/mol. The summed E-state index contributed by atoms with van der Waals surface area (Å²) in [5, 5.41) is 15.1. The highest BCUT2D eigenvalue weighted by molar-refractivity contribution is 6.04. The van der Waals surface area contributed by atoms with Crippen molar-refractivity contribution in [1.82, 2.24) is 4.90 Å². The smallest absolute Gasteiger partial charge is 0.256 e. The van der Waals surface area contributed by atoms with Crippen LogP contribution in [-0.4, -0.2) is 29.1 Å². The van der Waals surface area contributed by atoms with Gasteiger partial charge in [0.1, 0.15) is 22.9 Å². The van der Waals surface area contributed by atoms with Crippen molar-refractivity contribution in [2.75, 3.05) is 23.8 Å². The van der Waals surface area contributed by atoms with Crippen LogP contribution in [0.1, 0.15) is 40.4 Å². The molecule has 3 N–H and O–H groups in total. The monoisotopic (exact) mass is 395 g/mol. The van der Waals surface area contributed by atoms with Gasteiger partial charge in [-0.1, -0.05) is 12.1 Å². The van der Waals surface area contributed by atoms with Gasteiger partial charge in [-0.05, 0) is 37.6 Å². The molecular formula is C21H21N3O5. The summed E-state index contributed by atoms with van der Waals surface area (Å²) in [5.74, 6) is 1.18. The molecule has 2 aromatic carbocycles. The summed E-state index contributed by atoms with van der Waals surface area (Å²) in [7, 11) is 0. The highest BCUT2D eigenvalue weighted by Crippen LogP contribution is 2.32. The number of rotatable bonds is 7. The number of aliphatic hydroxyl groups is 1. The molecule has 0 saturated carbocycles. The van der Waals surface area contributed by atoms with Gasteiger partial charge in [0.05, 0.1) is 23.9 Å². The number of carbonyl (C=O) groups excluding carboxylic acids is 1. The Labute approximate surface area is 166 Å². The molecule has 1 aromatic heterocycles. The van der Waals surface area contributed by atoms with Crippen molar-refractivity contribution in [3.05, 3.63) is 73.4 Å². The number of furan rings is 1. The molecule has 29 heavy (non-hydrogen) atoms. The number of β-amino-alcohol motifs (C(OH)–C–C–N with tert-alkyl or cyclic N) is 1. The van der Waals surface area contributed by atoms with E-state index in [1.165, 1.54) is 0 Å². The van der Waals surface area contributed by atoms with Crippen LogP contribution in [0, 0.1) is 6.92 Å². The number of hydrogen-bond donors (Lipinski definition) is 3. The normalized spacial score (nSPS) is 14.3. The maximum absolute atomic E-state index is 12.7. The number of fused-ring (bicyclic) bond motifs is 1. The Kier molecular flexibility index (Phi) is 4.71. The van der Waals surface area contributed by atoms with Gasteiger partial charge in [0.15, 0.2) is 0 Å². The molecular weight excluding hydrogens is 374 g/mol. The number of nitrogens with one attached hydrogen (secondary N) is 2. The van der Waals surface area contributed by atoms with Crippen LogP contribution in [0.25, 0.3) is 0 Å². The summed E-state index contributed by atoms with van der Waals surface area (Å²) < 4.78 is 5.57. The third kappa shape index (κ3) is 3.21. The van der Waals surface area contributed by atoms with Crippen LogP contribution in [0.4, 0.5) is 17.1 Å². The number of nitrogens with zero attached hydrogens (tertiary/aromatic N) is 1. The van der Waals surface area contributed by atoms with Gasteiger partial charge >= 0.3 is 0 Å². The fraction of sp³-hybridized carbons (Fsp3) is 0.286. The highest BCUT2D eigenvalue weighted by Gasteiger charge is 2.31. The maximum atomic E-state index is 12.7. The average Bonchev–Trinajstić information content (AvgIpc) is 3.28. The number of amides is 1. The molecule has 0 fully saturated rings. The van der Waals surface area contributed by atoms with Crippen LogP contribution in [0.5, 0.6) is 0 Å². The first-order valence-electron chi connectivity index (χ1n) is 9.36. The Morgan fingerprint density at radius 2 is 1.90 bits per heavy atom. The van der Waals surface area contributed by atoms with E-state index in [1.54, 1.807) is 17.0 Å². The highest BCUT2D eigenvalue weighted by atomic mass is 16.3. The first-order valence-corrected chi connectivity index (χ1v) is 9.36. The minimum absolute atomic E-state index is 0.126. The van der Waals surface area contributed by atoms with Crippen molar-refractivity contribution in [1.29, 1.82) is 0 Å². The van der Waals surface area contributed by atoms with Gasteiger partial charge in [-0.25, -0.2) is 0 Å². The quantitative estimate of drug-likeness (QED) is 0.525. The van der Waals surface area contributed by atoms with Crippen molar-refractivity contribution in [2.24, 2.45) is 0 Å². The second-order valence-corrected chi connectivity index (χ2v) is 7.14. The second kappa shape index (κ2) is 7.21. The van der Waals surface area contributed by atoms with Crippen molar-refractivity contribution in [2.45, 2.75) is 26.4 Å². The number of hydrogen-bond acceptors (Lipinski definition) is 7. The minimum Gasteiger partial charge on any atom is -0.464 e. The first-order chi connectivity index (χ1) is 13.9. The van der Waals surface area contributed by atoms with E-state index in [2.05, 4.69) is 10.6 Å². The number of aliphatic hydroxyl groups excluding tert-OH is 1. The van der Waals surface area contributed by atoms with E-state index >= 15 is 0 Å². The molecule has 1 atom stereocenters. The number of benzene rings is 1. The topological polar surface area (TPSA) is 112 Å². The van der Waals surface area contributed by atoms with E-state index in [-0.39, 0.29) is 36.5 Å². The molecule has 0 aliphatic carbocycles. The largest absolute Gasteiger partial charge is 0.464 e. The van der Waals surface area contributed by atoms with E-state index in [1.807, 2.05) is 32.0 Å². The van der Waals surface area contributed by atoms with Gasteiger partial charge in [-0.3, -0.25) is 14.4 Å². The Morgan fingerprint density at radius 3 is 2.59 bits per heavy atom. The first kappa shape index (κ1) is 18.9. The van der Waals surface area contributed by atoms with Gasteiger partial charge in [-0.15, -0.1) is 0 Å². The van der Waals surface area contributed by atoms with Crippen molar-refractivity contribution in [3.63, 3.8) is 0 Å².